The number of H-pyrrole nitrogens is 1. The van der Waals surface area contributed by atoms with Crippen molar-refractivity contribution in [1.82, 2.24) is 9.55 Å². The number of nitrogens with one attached hydrogen (secondary N) is 1. The lowest BCUT2D eigenvalue weighted by Gasteiger charge is -2.26. The van der Waals surface area contributed by atoms with Crippen LogP contribution in [0.4, 0.5) is 0 Å². The zero-order valence-electron chi connectivity index (χ0n) is 23.1. The number of aromatic amines is 1. The predicted molar refractivity (Wildman–Crippen MR) is 162 cm³/mol. The maximum atomic E-state index is 12.9. The summed E-state index contributed by atoms with van der Waals surface area (Å²) < 4.78 is 24.6. The zero-order valence-corrected chi connectivity index (χ0v) is 24.8. The Labute approximate surface area is 253 Å². The fourth-order valence-corrected chi connectivity index (χ4v) is 6.65. The molecule has 1 unspecified atom stereocenters. The van der Waals surface area contributed by atoms with Crippen LogP contribution in [0.25, 0.3) is 11.1 Å². The van der Waals surface area contributed by atoms with Crippen molar-refractivity contribution in [2.45, 2.75) is 37.7 Å². The molecule has 4 aromatic rings. The van der Waals surface area contributed by atoms with E-state index in [0.717, 1.165) is 22.3 Å². The number of aromatic nitrogens is 2. The fourth-order valence-electron chi connectivity index (χ4n) is 5.54. The van der Waals surface area contributed by atoms with Gasteiger partial charge in [-0.3, -0.25) is 14.3 Å². The maximum absolute atomic E-state index is 12.9. The first-order chi connectivity index (χ1) is 20.7. The highest BCUT2D eigenvalue weighted by molar-refractivity contribution is 8.35. The Kier molecular flexibility index (Phi) is 8.37. The summed E-state index contributed by atoms with van der Waals surface area (Å²) in [4.78, 5) is 50.6. The Hall–Kier alpha value is -3.57. The van der Waals surface area contributed by atoms with Crippen molar-refractivity contribution >= 4 is 25.4 Å². The highest BCUT2D eigenvalue weighted by Crippen LogP contribution is 2.57. The Morgan fingerprint density at radius 1 is 0.977 bits per heavy atom. The van der Waals surface area contributed by atoms with Crippen molar-refractivity contribution < 1.29 is 28.2 Å². The molecule has 2 N–H and O–H groups in total. The summed E-state index contributed by atoms with van der Waals surface area (Å²) in [7, 11) is -3.76. The van der Waals surface area contributed by atoms with E-state index in [-0.39, 0.29) is 25.6 Å². The Balaban J connectivity index is 1.17. The number of hydrogen-bond donors (Lipinski definition) is 2. The lowest BCUT2D eigenvalue weighted by Crippen LogP contribution is -2.33. The van der Waals surface area contributed by atoms with E-state index in [1.807, 2.05) is 36.4 Å². The van der Waals surface area contributed by atoms with E-state index in [1.54, 1.807) is 37.3 Å². The summed E-state index contributed by atoms with van der Waals surface area (Å²) in [5, 5.41) is 0. The van der Waals surface area contributed by atoms with Crippen molar-refractivity contribution in [1.29, 1.82) is 0 Å². The standard InChI is InChI=1S/C31H29N2O8PS/c1-19-16-33(31(36)32-29(19)34)28-15-26(41-30(35)20-9-3-2-4-10-20)27(40-28)18-39-42(37,43)38-17-25-23-13-7-5-11-21(23)22-12-6-8-14-24(22)25/h2-14,16,25-28H,15,17-18H2,1H3,(H,37,43)(H,32,34,36)/t26-,27+,28+,42?/m0/s1. The Bertz CT molecular complexity index is 1710. The molecule has 4 atom stereocenters. The first-order valence-corrected chi connectivity index (χ1v) is 16.3. The number of benzene rings is 3. The third-order valence-corrected chi connectivity index (χ3v) is 9.26. The van der Waals surface area contributed by atoms with Crippen LogP contribution in [0.15, 0.2) is 94.6 Å². The van der Waals surface area contributed by atoms with Gasteiger partial charge in [0.2, 0.25) is 0 Å². The number of rotatable bonds is 9. The first kappa shape index (κ1) is 29.5. The number of carbonyl (C=O) groups excluding carboxylic acids is 1. The molecule has 2 aliphatic rings. The highest BCUT2D eigenvalue weighted by atomic mass is 32.7. The van der Waals surface area contributed by atoms with E-state index >= 15 is 0 Å². The van der Waals surface area contributed by atoms with Crippen LogP contribution >= 0.6 is 7.15 Å². The summed E-state index contributed by atoms with van der Waals surface area (Å²) in [6, 6.07) is 24.5. The molecule has 2 heterocycles. The van der Waals surface area contributed by atoms with Gasteiger partial charge in [0, 0.05) is 24.1 Å². The average Bonchev–Trinajstić information content (AvgIpc) is 3.56. The van der Waals surface area contributed by atoms with Crippen LogP contribution < -0.4 is 11.2 Å². The smallest absolute Gasteiger partial charge is 0.338 e. The molecule has 0 amide bonds. The van der Waals surface area contributed by atoms with Gasteiger partial charge in [-0.2, -0.15) is 9.05 Å². The molecule has 0 saturated carbocycles. The van der Waals surface area contributed by atoms with Crippen molar-refractivity contribution in [3.05, 3.63) is 128 Å². The minimum atomic E-state index is -3.76. The topological polar surface area (TPSA) is 129 Å². The molecule has 1 aliphatic carbocycles. The minimum absolute atomic E-state index is 0.1000. The second-order valence-corrected chi connectivity index (χ2v) is 13.3. The Morgan fingerprint density at radius 2 is 1.58 bits per heavy atom. The quantitative estimate of drug-likeness (QED) is 0.159. The first-order valence-electron chi connectivity index (χ1n) is 13.7. The number of hydrogen-bond acceptors (Lipinski definition) is 9. The maximum Gasteiger partial charge on any atom is 0.338 e. The predicted octanol–water partition coefficient (Wildman–Crippen LogP) is 4.42. The number of esters is 1. The van der Waals surface area contributed by atoms with Crippen LogP contribution in [0.5, 0.6) is 0 Å². The molecule has 6 rings (SSSR count). The van der Waals surface area contributed by atoms with Gasteiger partial charge in [0.15, 0.2) is 0 Å². The lowest BCUT2D eigenvalue weighted by atomic mass is 9.98. The molecule has 0 spiro atoms. The average molecular weight is 621 g/mol. The fraction of sp³-hybridized carbons (Fsp3) is 0.258. The van der Waals surface area contributed by atoms with Crippen LogP contribution in [-0.2, 0) is 30.8 Å². The molecular formula is C31H29N2O8PS. The van der Waals surface area contributed by atoms with E-state index in [1.165, 1.54) is 10.8 Å². The summed E-state index contributed by atoms with van der Waals surface area (Å²) >= 11 is 5.35. The van der Waals surface area contributed by atoms with Crippen LogP contribution in [0, 0.1) is 6.92 Å². The Morgan fingerprint density at radius 3 is 2.26 bits per heavy atom. The number of carbonyl (C=O) groups is 1. The molecular weight excluding hydrogens is 591 g/mol. The van der Waals surface area contributed by atoms with Gasteiger partial charge in [-0.15, -0.1) is 0 Å². The van der Waals surface area contributed by atoms with E-state index in [4.69, 9.17) is 30.8 Å². The third-order valence-electron chi connectivity index (χ3n) is 7.67. The van der Waals surface area contributed by atoms with E-state index < -0.39 is 42.8 Å². The van der Waals surface area contributed by atoms with E-state index in [9.17, 15) is 19.3 Å². The van der Waals surface area contributed by atoms with Crippen LogP contribution in [-0.4, -0.2) is 45.8 Å². The molecule has 1 aromatic heterocycles. The van der Waals surface area contributed by atoms with Crippen LogP contribution in [0.1, 0.15) is 45.6 Å². The monoisotopic (exact) mass is 620 g/mol. The van der Waals surface area contributed by atoms with Crippen molar-refractivity contribution in [3.8, 4) is 11.1 Å². The molecule has 0 bridgehead atoms. The molecule has 1 aliphatic heterocycles. The molecule has 0 radical (unpaired) electrons. The number of ether oxygens (including phenoxy) is 2. The summed E-state index contributed by atoms with van der Waals surface area (Å²) in [5.74, 6) is -0.712. The molecule has 222 valence electrons. The van der Waals surface area contributed by atoms with Gasteiger partial charge < -0.3 is 21.7 Å². The summed E-state index contributed by atoms with van der Waals surface area (Å²) in [6.45, 7) is 1.41. The van der Waals surface area contributed by atoms with Gasteiger partial charge in [-0.25, -0.2) is 14.5 Å². The zero-order chi connectivity index (χ0) is 30.1. The SMILES string of the molecule is Cc1cn([C@H]2C[C@H](OC(=O)c3ccccc3)[C@@H](CO[P+](O)([S-])OCC3c4ccccc4-c4ccccc43)O2)c(=O)[nH]c1=O. The molecule has 10 nitrogen and oxygen atoms in total. The molecule has 1 fully saturated rings. The third kappa shape index (κ3) is 6.24. The minimum Gasteiger partial charge on any atom is -0.459 e. The van der Waals surface area contributed by atoms with Gasteiger partial charge in [0.05, 0.1) is 5.56 Å². The van der Waals surface area contributed by atoms with Crippen molar-refractivity contribution in [2.24, 2.45) is 0 Å². The van der Waals surface area contributed by atoms with Gasteiger partial charge >= 0.3 is 11.7 Å². The van der Waals surface area contributed by atoms with Crippen molar-refractivity contribution in [3.63, 3.8) is 0 Å². The highest BCUT2D eigenvalue weighted by Gasteiger charge is 2.42. The summed E-state index contributed by atoms with van der Waals surface area (Å²) in [5.41, 5.74) is 3.87. The van der Waals surface area contributed by atoms with Gasteiger partial charge in [-0.05, 0) is 41.3 Å². The molecule has 1 saturated heterocycles. The molecule has 12 heteroatoms. The van der Waals surface area contributed by atoms with Crippen LogP contribution in [0.3, 0.4) is 0 Å². The summed E-state index contributed by atoms with van der Waals surface area (Å²) in [6.07, 6.45) is -1.11. The van der Waals surface area contributed by atoms with Gasteiger partial charge in [-0.1, -0.05) is 66.7 Å². The largest absolute Gasteiger partial charge is 0.459 e. The van der Waals surface area contributed by atoms with Gasteiger partial charge in [0.1, 0.15) is 31.6 Å². The van der Waals surface area contributed by atoms with Gasteiger partial charge in [0.25, 0.3) is 12.7 Å². The van der Waals surface area contributed by atoms with Crippen molar-refractivity contribution in [2.75, 3.05) is 13.2 Å². The number of nitrogens with zero attached hydrogens (tertiary/aromatic N) is 1. The molecule has 43 heavy (non-hydrogen) atoms. The second-order valence-electron chi connectivity index (χ2n) is 10.4. The normalized spacial score (nSPS) is 20.8. The second kappa shape index (κ2) is 12.2. The lowest BCUT2D eigenvalue weighted by molar-refractivity contribution is -0.0503. The molecule has 3 aromatic carbocycles. The number of fused-ring (bicyclic) bond motifs is 3. The van der Waals surface area contributed by atoms with Crippen LogP contribution in [0.2, 0.25) is 0 Å². The van der Waals surface area contributed by atoms with E-state index in [0.29, 0.717) is 11.1 Å². The number of aryl methyl sites for hydroxylation is 1. The van der Waals surface area contributed by atoms with E-state index in [2.05, 4.69) is 17.1 Å².